The van der Waals surface area contributed by atoms with Crippen LogP contribution in [-0.2, 0) is 17.8 Å². The third-order valence-electron chi connectivity index (χ3n) is 4.35. The summed E-state index contributed by atoms with van der Waals surface area (Å²) < 4.78 is 10.5. The molecule has 0 fully saturated rings. The molecule has 0 radical (unpaired) electrons. The first kappa shape index (κ1) is 19.0. The number of carbonyl (C=O) groups excluding carboxylic acids is 1. The predicted octanol–water partition coefficient (Wildman–Crippen LogP) is 3.83. The number of hydrogen-bond acceptors (Lipinski definition) is 7. The van der Waals surface area contributed by atoms with E-state index in [1.165, 1.54) is 0 Å². The van der Waals surface area contributed by atoms with Crippen molar-refractivity contribution in [2.24, 2.45) is 0 Å². The van der Waals surface area contributed by atoms with Crippen LogP contribution in [0.3, 0.4) is 0 Å². The van der Waals surface area contributed by atoms with Gasteiger partial charge >= 0.3 is 0 Å². The molecule has 10 heteroatoms. The van der Waals surface area contributed by atoms with Gasteiger partial charge in [0.1, 0.15) is 11.6 Å². The van der Waals surface area contributed by atoms with Crippen molar-refractivity contribution in [3.05, 3.63) is 33.1 Å². The average Bonchev–Trinajstić information content (AvgIpc) is 3.37. The number of aryl methyl sites for hydroxylation is 1. The maximum atomic E-state index is 12.2. The van der Waals surface area contributed by atoms with Gasteiger partial charge < -0.3 is 14.6 Å². The molecule has 146 valence electrons. The lowest BCUT2D eigenvalue weighted by Crippen LogP contribution is -2.31. The van der Waals surface area contributed by atoms with Crippen molar-refractivity contribution in [2.45, 2.75) is 26.8 Å². The number of fused-ring (bicyclic) bond motifs is 3. The molecule has 1 amide bonds. The summed E-state index contributed by atoms with van der Waals surface area (Å²) in [5.74, 6) is 1.38. The fraction of sp³-hybridized carbons (Fsp3) is 0.333. The van der Waals surface area contributed by atoms with Crippen molar-refractivity contribution in [3.8, 4) is 5.75 Å². The fourth-order valence-corrected chi connectivity index (χ4v) is 5.19. The second-order valence-corrected chi connectivity index (χ2v) is 8.73. The molecule has 0 aliphatic rings. The Morgan fingerprint density at radius 1 is 1.46 bits per heavy atom. The van der Waals surface area contributed by atoms with Crippen LogP contribution >= 0.6 is 34.9 Å². The third-order valence-corrected chi connectivity index (χ3v) is 6.50. The van der Waals surface area contributed by atoms with Gasteiger partial charge in [-0.1, -0.05) is 0 Å². The van der Waals surface area contributed by atoms with Crippen LogP contribution < -0.4 is 10.1 Å². The molecule has 7 nitrogen and oxygen atoms in total. The Morgan fingerprint density at radius 2 is 2.32 bits per heavy atom. The highest BCUT2D eigenvalue weighted by atomic mass is 32.1. The number of amides is 1. The van der Waals surface area contributed by atoms with Gasteiger partial charge in [-0.2, -0.15) is 5.10 Å². The van der Waals surface area contributed by atoms with Gasteiger partial charge in [0.05, 0.1) is 19.9 Å². The van der Waals surface area contributed by atoms with Gasteiger partial charge in [-0.15, -0.1) is 22.7 Å². The number of benzene rings is 1. The highest BCUT2D eigenvalue weighted by Gasteiger charge is 2.14. The van der Waals surface area contributed by atoms with E-state index in [9.17, 15) is 4.79 Å². The summed E-state index contributed by atoms with van der Waals surface area (Å²) >= 11 is 8.44. The summed E-state index contributed by atoms with van der Waals surface area (Å²) in [6.07, 6.45) is 0.605. The number of nitrogens with zero attached hydrogens (tertiary/aromatic N) is 3. The molecule has 3 heterocycles. The van der Waals surface area contributed by atoms with Crippen LogP contribution in [0, 0.1) is 11.7 Å². The molecule has 28 heavy (non-hydrogen) atoms. The second kappa shape index (κ2) is 7.98. The molecule has 2 N–H and O–H groups in total. The first-order valence-electron chi connectivity index (χ1n) is 8.87. The van der Waals surface area contributed by atoms with Crippen molar-refractivity contribution in [1.29, 1.82) is 0 Å². The number of carbonyl (C=O) groups is 1. The molecule has 4 aromatic rings. The van der Waals surface area contributed by atoms with Gasteiger partial charge in [0.25, 0.3) is 5.91 Å². The lowest BCUT2D eigenvalue weighted by atomic mass is 10.2. The normalized spacial score (nSPS) is 11.4. The van der Waals surface area contributed by atoms with E-state index >= 15 is 0 Å². The topological polar surface area (TPSA) is 84.8 Å². The van der Waals surface area contributed by atoms with Crippen LogP contribution in [-0.4, -0.2) is 38.8 Å². The van der Waals surface area contributed by atoms with E-state index < -0.39 is 0 Å². The molecule has 0 aliphatic carbocycles. The molecule has 0 bridgehead atoms. The number of thiazole rings is 1. The first-order chi connectivity index (χ1) is 13.6. The Balaban J connectivity index is 1.39. The number of rotatable bonds is 7. The smallest absolute Gasteiger partial charge is 0.257 e. The van der Waals surface area contributed by atoms with Crippen LogP contribution in [0.15, 0.2) is 17.5 Å². The number of thiophene rings is 1. The van der Waals surface area contributed by atoms with Crippen LogP contribution in [0.25, 0.3) is 20.3 Å². The Hall–Kier alpha value is -2.30. The van der Waals surface area contributed by atoms with Crippen molar-refractivity contribution in [2.75, 3.05) is 13.2 Å². The van der Waals surface area contributed by atoms with Crippen molar-refractivity contribution in [1.82, 2.24) is 25.1 Å². The maximum Gasteiger partial charge on any atom is 0.257 e. The largest absolute Gasteiger partial charge is 0.483 e. The lowest BCUT2D eigenvalue weighted by molar-refractivity contribution is -0.123. The molecule has 0 spiro atoms. The van der Waals surface area contributed by atoms with Crippen molar-refractivity contribution >= 4 is 61.1 Å². The van der Waals surface area contributed by atoms with Crippen LogP contribution in [0.2, 0.25) is 0 Å². The summed E-state index contributed by atoms with van der Waals surface area (Å²) in [7, 11) is 0. The maximum absolute atomic E-state index is 12.2. The fourth-order valence-electron chi connectivity index (χ4n) is 3.08. The Kier molecular flexibility index (Phi) is 5.42. The van der Waals surface area contributed by atoms with E-state index in [2.05, 4.69) is 20.5 Å². The number of ether oxygens (including phenoxy) is 1. The molecule has 0 saturated heterocycles. The summed E-state index contributed by atoms with van der Waals surface area (Å²) in [4.78, 5) is 16.8. The van der Waals surface area contributed by atoms with E-state index in [0.717, 1.165) is 43.4 Å². The monoisotopic (exact) mass is 433 g/mol. The number of H-pyrrole nitrogens is 1. The van der Waals surface area contributed by atoms with Crippen LogP contribution in [0.5, 0.6) is 5.75 Å². The minimum absolute atomic E-state index is 0.0329. The molecule has 0 atom stereocenters. The summed E-state index contributed by atoms with van der Waals surface area (Å²) in [6.45, 7) is 5.19. The van der Waals surface area contributed by atoms with Gasteiger partial charge in [-0.05, 0) is 37.5 Å². The van der Waals surface area contributed by atoms with E-state index in [1.807, 2.05) is 35.9 Å². The summed E-state index contributed by atoms with van der Waals surface area (Å²) in [5, 5.41) is 13.9. The van der Waals surface area contributed by atoms with E-state index in [0.29, 0.717) is 17.7 Å². The standard InChI is InChI=1S/C18H19N5O2S3/c1-3-23-14(21-22-18(23)26)4-6-19-15(24)9-25-12-8-13-16(20-10(2)28-13)17-11(12)5-7-27-17/h5,7-8H,3-4,6,9H2,1-2H3,(H,19,24)(H,22,26). The van der Waals surface area contributed by atoms with Gasteiger partial charge in [0, 0.05) is 31.0 Å². The molecule has 0 aliphatic heterocycles. The Bertz CT molecular complexity index is 1200. The zero-order valence-corrected chi connectivity index (χ0v) is 17.9. The molecular formula is C18H19N5O2S3. The number of nitrogens with one attached hydrogen (secondary N) is 2. The molecule has 1 aromatic carbocycles. The molecule has 0 unspecified atom stereocenters. The number of aromatic amines is 1. The van der Waals surface area contributed by atoms with Gasteiger partial charge in [-0.25, -0.2) is 4.98 Å². The molecule has 4 rings (SSSR count). The van der Waals surface area contributed by atoms with E-state index in [4.69, 9.17) is 17.0 Å². The zero-order valence-electron chi connectivity index (χ0n) is 15.4. The quantitative estimate of drug-likeness (QED) is 0.433. The summed E-state index contributed by atoms with van der Waals surface area (Å²) in [5.41, 5.74) is 1.01. The highest BCUT2D eigenvalue weighted by molar-refractivity contribution is 7.71. The lowest BCUT2D eigenvalue weighted by Gasteiger charge is -2.09. The van der Waals surface area contributed by atoms with E-state index in [1.54, 1.807) is 22.7 Å². The zero-order chi connectivity index (χ0) is 19.7. The Labute approximate surface area is 174 Å². The summed E-state index contributed by atoms with van der Waals surface area (Å²) in [6, 6.07) is 3.98. The number of hydrogen-bond donors (Lipinski definition) is 2. The van der Waals surface area contributed by atoms with Crippen molar-refractivity contribution < 1.29 is 9.53 Å². The SMILES string of the molecule is CCn1c(CCNC(=O)COc2cc3sc(C)nc3c3sccc23)n[nH]c1=S. The van der Waals surface area contributed by atoms with E-state index in [-0.39, 0.29) is 12.5 Å². The molecule has 0 saturated carbocycles. The highest BCUT2D eigenvalue weighted by Crippen LogP contribution is 2.38. The number of aromatic nitrogens is 4. The van der Waals surface area contributed by atoms with Gasteiger partial charge in [-0.3, -0.25) is 9.89 Å². The second-order valence-electron chi connectivity index (χ2n) is 6.20. The van der Waals surface area contributed by atoms with Crippen LogP contribution in [0.4, 0.5) is 0 Å². The van der Waals surface area contributed by atoms with Crippen molar-refractivity contribution in [3.63, 3.8) is 0 Å². The Morgan fingerprint density at radius 3 is 3.14 bits per heavy atom. The molecule has 3 aromatic heterocycles. The third kappa shape index (κ3) is 3.67. The minimum atomic E-state index is -0.166. The average molecular weight is 434 g/mol. The van der Waals surface area contributed by atoms with Gasteiger partial charge in [0.2, 0.25) is 0 Å². The first-order valence-corrected chi connectivity index (χ1v) is 11.0. The molecular weight excluding hydrogens is 414 g/mol. The predicted molar refractivity (Wildman–Crippen MR) is 115 cm³/mol. The van der Waals surface area contributed by atoms with Crippen LogP contribution in [0.1, 0.15) is 17.8 Å². The van der Waals surface area contributed by atoms with Gasteiger partial charge in [0.15, 0.2) is 11.4 Å². The minimum Gasteiger partial charge on any atom is -0.483 e.